The molecule has 4 heterocycles. The van der Waals surface area contributed by atoms with Gasteiger partial charge in [-0.3, -0.25) is 9.55 Å². The molecule has 0 radical (unpaired) electrons. The third-order valence-corrected chi connectivity index (χ3v) is 5.24. The fourth-order valence-electron chi connectivity index (χ4n) is 3.65. The monoisotopic (exact) mass is 429 g/mol. The average Bonchev–Trinajstić information content (AvgIpc) is 3.43. The van der Waals surface area contributed by atoms with Crippen molar-refractivity contribution in [3.05, 3.63) is 73.2 Å². The van der Waals surface area contributed by atoms with Gasteiger partial charge in [0.2, 0.25) is 0 Å². The number of halogens is 1. The van der Waals surface area contributed by atoms with E-state index in [1.165, 1.54) is 29.5 Å². The van der Waals surface area contributed by atoms with Crippen molar-refractivity contribution in [1.82, 2.24) is 29.5 Å². The highest BCUT2D eigenvalue weighted by atomic mass is 19.1. The van der Waals surface area contributed by atoms with Gasteiger partial charge in [-0.25, -0.2) is 19.3 Å². The number of hydrogen-bond acceptors (Lipinski definition) is 6. The lowest BCUT2D eigenvalue weighted by Crippen LogP contribution is -2.09. The van der Waals surface area contributed by atoms with Crippen LogP contribution in [0.5, 0.6) is 0 Å². The van der Waals surface area contributed by atoms with Crippen molar-refractivity contribution < 1.29 is 9.50 Å². The molecule has 0 unspecified atom stereocenters. The predicted octanol–water partition coefficient (Wildman–Crippen LogP) is 3.63. The van der Waals surface area contributed by atoms with Crippen molar-refractivity contribution in [2.75, 3.05) is 18.5 Å². The molecular weight excluding hydrogens is 409 g/mol. The van der Waals surface area contributed by atoms with Crippen LogP contribution in [0.15, 0.2) is 61.8 Å². The number of nitrogens with one attached hydrogen (secondary N) is 2. The molecule has 0 aliphatic rings. The number of pyridine rings is 1. The SMILES string of the molecule is C=C(CO)n1cnc2c(NCCc3c[nH]c4ccccc34)nc(-c3cncc(F)c3)nc21. The first-order chi connectivity index (χ1) is 15.6. The minimum Gasteiger partial charge on any atom is -0.390 e. The predicted molar refractivity (Wildman–Crippen MR) is 121 cm³/mol. The Balaban J connectivity index is 1.50. The van der Waals surface area contributed by atoms with E-state index in [9.17, 15) is 9.50 Å². The Labute approximate surface area is 182 Å². The second kappa shape index (κ2) is 8.20. The summed E-state index contributed by atoms with van der Waals surface area (Å²) < 4.78 is 15.4. The highest BCUT2D eigenvalue weighted by molar-refractivity contribution is 5.87. The van der Waals surface area contributed by atoms with Gasteiger partial charge in [0.1, 0.15) is 12.1 Å². The number of aliphatic hydroxyl groups excluding tert-OH is 1. The summed E-state index contributed by atoms with van der Waals surface area (Å²) in [6.07, 6.45) is 6.93. The number of H-pyrrole nitrogens is 1. The van der Waals surface area contributed by atoms with E-state index in [0.29, 0.717) is 40.6 Å². The smallest absolute Gasteiger partial charge is 0.170 e. The summed E-state index contributed by atoms with van der Waals surface area (Å²) >= 11 is 0. The largest absolute Gasteiger partial charge is 0.390 e. The zero-order chi connectivity index (χ0) is 22.1. The Bertz CT molecular complexity index is 1440. The number of nitrogens with zero attached hydrogens (tertiary/aromatic N) is 5. The maximum Gasteiger partial charge on any atom is 0.170 e. The fraction of sp³-hybridized carbons (Fsp3) is 0.130. The molecule has 0 atom stereocenters. The van der Waals surface area contributed by atoms with Gasteiger partial charge in [-0.15, -0.1) is 0 Å². The Kier molecular flexibility index (Phi) is 5.08. The van der Waals surface area contributed by atoms with Crippen molar-refractivity contribution >= 4 is 33.6 Å². The van der Waals surface area contributed by atoms with Gasteiger partial charge in [0.05, 0.1) is 12.8 Å². The standard InChI is InChI=1S/C23H20FN7O/c1-14(12-32)31-13-28-20-22(26-7-6-15-10-27-19-5-3-2-4-18(15)19)29-21(30-23(20)31)16-8-17(24)11-25-9-16/h2-5,8-11,13,27,32H,1,6-7,12H2,(H,26,29,30). The van der Waals surface area contributed by atoms with Crippen LogP contribution in [0.4, 0.5) is 10.2 Å². The minimum absolute atomic E-state index is 0.254. The molecule has 1 aromatic carbocycles. The first-order valence-corrected chi connectivity index (χ1v) is 10.1. The van der Waals surface area contributed by atoms with Crippen molar-refractivity contribution in [2.45, 2.75) is 6.42 Å². The van der Waals surface area contributed by atoms with Crippen LogP contribution in [0.3, 0.4) is 0 Å². The van der Waals surface area contributed by atoms with Crippen LogP contribution < -0.4 is 5.32 Å². The number of para-hydroxylation sites is 1. The summed E-state index contributed by atoms with van der Waals surface area (Å²) in [5.74, 6) is 0.332. The summed E-state index contributed by atoms with van der Waals surface area (Å²) in [5.41, 5.74) is 4.13. The van der Waals surface area contributed by atoms with Crippen molar-refractivity contribution in [3.63, 3.8) is 0 Å². The number of anilines is 1. The van der Waals surface area contributed by atoms with E-state index < -0.39 is 5.82 Å². The molecule has 3 N–H and O–H groups in total. The van der Waals surface area contributed by atoms with Crippen LogP contribution in [0.25, 0.3) is 39.2 Å². The van der Waals surface area contributed by atoms with Crippen molar-refractivity contribution in [3.8, 4) is 11.4 Å². The summed E-state index contributed by atoms with van der Waals surface area (Å²) in [7, 11) is 0. The summed E-state index contributed by atoms with van der Waals surface area (Å²) in [4.78, 5) is 20.7. The number of hydrogen-bond donors (Lipinski definition) is 3. The quantitative estimate of drug-likeness (QED) is 0.365. The van der Waals surface area contributed by atoms with Crippen LogP contribution in [0, 0.1) is 5.82 Å². The lowest BCUT2D eigenvalue weighted by atomic mass is 10.1. The van der Waals surface area contributed by atoms with Crippen molar-refractivity contribution in [1.29, 1.82) is 0 Å². The maximum atomic E-state index is 13.8. The number of imidazole rings is 1. The molecule has 5 rings (SSSR count). The molecule has 160 valence electrons. The third kappa shape index (κ3) is 3.58. The molecule has 0 saturated carbocycles. The number of aliphatic hydroxyl groups is 1. The van der Waals surface area contributed by atoms with Crippen LogP contribution in [-0.4, -0.2) is 47.7 Å². The van der Waals surface area contributed by atoms with Gasteiger partial charge in [0.25, 0.3) is 0 Å². The molecule has 8 nitrogen and oxygen atoms in total. The molecule has 0 spiro atoms. The van der Waals surface area contributed by atoms with E-state index in [1.807, 2.05) is 24.4 Å². The van der Waals surface area contributed by atoms with Gasteiger partial charge in [-0.2, -0.15) is 0 Å². The number of fused-ring (bicyclic) bond motifs is 2. The fourth-order valence-corrected chi connectivity index (χ4v) is 3.65. The molecule has 4 aromatic heterocycles. The average molecular weight is 429 g/mol. The molecule has 0 saturated heterocycles. The number of rotatable bonds is 7. The molecule has 0 fully saturated rings. The highest BCUT2D eigenvalue weighted by Gasteiger charge is 2.16. The van der Waals surface area contributed by atoms with E-state index in [1.54, 1.807) is 4.57 Å². The van der Waals surface area contributed by atoms with E-state index in [4.69, 9.17) is 0 Å². The lowest BCUT2D eigenvalue weighted by molar-refractivity contribution is 0.345. The number of aromatic amines is 1. The van der Waals surface area contributed by atoms with Gasteiger partial charge in [-0.05, 0) is 24.1 Å². The Hall–Kier alpha value is -4.11. The van der Waals surface area contributed by atoms with Gasteiger partial charge in [0.15, 0.2) is 22.8 Å². The first kappa shape index (κ1) is 19.8. The van der Waals surface area contributed by atoms with Crippen LogP contribution in [-0.2, 0) is 6.42 Å². The minimum atomic E-state index is -0.478. The van der Waals surface area contributed by atoms with E-state index in [-0.39, 0.29) is 6.61 Å². The van der Waals surface area contributed by atoms with E-state index in [2.05, 4.69) is 42.9 Å². The van der Waals surface area contributed by atoms with Crippen LogP contribution >= 0.6 is 0 Å². The molecule has 0 bridgehead atoms. The topological polar surface area (TPSA) is 105 Å². The van der Waals surface area contributed by atoms with E-state index in [0.717, 1.165) is 18.1 Å². The highest BCUT2D eigenvalue weighted by Crippen LogP contribution is 2.26. The van der Waals surface area contributed by atoms with Crippen molar-refractivity contribution in [2.24, 2.45) is 0 Å². The Morgan fingerprint density at radius 2 is 2.09 bits per heavy atom. The zero-order valence-corrected chi connectivity index (χ0v) is 17.1. The van der Waals surface area contributed by atoms with Gasteiger partial charge in [0, 0.05) is 41.1 Å². The van der Waals surface area contributed by atoms with Crippen LogP contribution in [0.2, 0.25) is 0 Å². The summed E-state index contributed by atoms with van der Waals surface area (Å²) in [6, 6.07) is 9.46. The molecule has 0 aliphatic heterocycles. The van der Waals surface area contributed by atoms with Gasteiger partial charge >= 0.3 is 0 Å². The Morgan fingerprint density at radius 3 is 2.94 bits per heavy atom. The molecular formula is C23H20FN7O. The third-order valence-electron chi connectivity index (χ3n) is 5.24. The molecule has 0 aliphatic carbocycles. The summed E-state index contributed by atoms with van der Waals surface area (Å²) in [6.45, 7) is 4.20. The van der Waals surface area contributed by atoms with E-state index >= 15 is 0 Å². The second-order valence-electron chi connectivity index (χ2n) is 7.34. The van der Waals surface area contributed by atoms with Gasteiger partial charge < -0.3 is 15.4 Å². The van der Waals surface area contributed by atoms with Gasteiger partial charge in [-0.1, -0.05) is 24.8 Å². The summed E-state index contributed by atoms with van der Waals surface area (Å²) in [5, 5.41) is 14.0. The molecule has 5 aromatic rings. The first-order valence-electron chi connectivity index (χ1n) is 10.1. The Morgan fingerprint density at radius 1 is 1.22 bits per heavy atom. The molecule has 0 amide bonds. The number of aromatic nitrogens is 6. The maximum absolute atomic E-state index is 13.8. The number of benzene rings is 1. The zero-order valence-electron chi connectivity index (χ0n) is 17.1. The molecule has 9 heteroatoms. The normalized spacial score (nSPS) is 11.3. The lowest BCUT2D eigenvalue weighted by Gasteiger charge is -2.10. The molecule has 32 heavy (non-hydrogen) atoms. The second-order valence-corrected chi connectivity index (χ2v) is 7.34. The van der Waals surface area contributed by atoms with Crippen LogP contribution in [0.1, 0.15) is 5.56 Å².